The first-order valence-corrected chi connectivity index (χ1v) is 6.03. The molecule has 17 heavy (non-hydrogen) atoms. The number of carboxylic acids is 1. The molecule has 0 aliphatic carbocycles. The molecule has 1 unspecified atom stereocenters. The highest BCUT2D eigenvalue weighted by Crippen LogP contribution is 2.04. The van der Waals surface area contributed by atoms with Crippen LogP contribution in [-0.2, 0) is 4.79 Å². The van der Waals surface area contributed by atoms with Crippen LogP contribution in [0.1, 0.15) is 41.0 Å². The molecule has 0 aromatic heterocycles. The zero-order valence-corrected chi connectivity index (χ0v) is 11.3. The Labute approximate surface area is 103 Å². The minimum atomic E-state index is -1.01. The molecular weight excluding hydrogens is 220 g/mol. The second-order valence-corrected chi connectivity index (χ2v) is 5.21. The molecule has 0 fully saturated rings. The van der Waals surface area contributed by atoms with E-state index in [1.807, 2.05) is 6.92 Å². The van der Waals surface area contributed by atoms with Crippen molar-refractivity contribution < 1.29 is 14.7 Å². The van der Waals surface area contributed by atoms with Gasteiger partial charge in [0, 0.05) is 6.04 Å². The highest BCUT2D eigenvalue weighted by Gasteiger charge is 2.23. The van der Waals surface area contributed by atoms with Crippen molar-refractivity contribution in [2.24, 2.45) is 11.8 Å². The fourth-order valence-corrected chi connectivity index (χ4v) is 1.69. The normalized spacial score (nSPS) is 14.5. The molecule has 0 saturated heterocycles. The molecule has 3 N–H and O–H groups in total. The Hall–Kier alpha value is -1.26. The van der Waals surface area contributed by atoms with Gasteiger partial charge in [0.05, 0.1) is 0 Å². The van der Waals surface area contributed by atoms with Gasteiger partial charge >= 0.3 is 12.0 Å². The molecule has 0 aliphatic heterocycles. The minimum Gasteiger partial charge on any atom is -0.480 e. The molecule has 0 spiro atoms. The Bertz CT molecular complexity index is 264. The highest BCUT2D eigenvalue weighted by molar-refractivity contribution is 5.82. The standard InChI is InChI=1S/C12H24N2O3/c1-7(2)6-9(5)13-12(17)14-10(8(3)4)11(15)16/h7-10H,6H2,1-5H3,(H,15,16)(H2,13,14,17)/t9?,10-/m0/s1. The molecule has 2 amide bonds. The number of urea groups is 1. The second-order valence-electron chi connectivity index (χ2n) is 5.21. The van der Waals surface area contributed by atoms with E-state index in [0.717, 1.165) is 6.42 Å². The lowest BCUT2D eigenvalue weighted by molar-refractivity contribution is -0.140. The fraction of sp³-hybridized carbons (Fsp3) is 0.833. The van der Waals surface area contributed by atoms with Gasteiger partial charge in [-0.25, -0.2) is 9.59 Å². The predicted octanol–water partition coefficient (Wildman–Crippen LogP) is 1.83. The number of nitrogens with one attached hydrogen (secondary N) is 2. The molecular formula is C12H24N2O3. The maximum absolute atomic E-state index is 11.6. The van der Waals surface area contributed by atoms with Crippen LogP contribution in [0.2, 0.25) is 0 Å². The SMILES string of the molecule is CC(C)CC(C)NC(=O)N[C@H](C(=O)O)C(C)C. The first kappa shape index (κ1) is 15.7. The summed E-state index contributed by atoms with van der Waals surface area (Å²) >= 11 is 0. The Morgan fingerprint density at radius 1 is 1.06 bits per heavy atom. The van der Waals surface area contributed by atoms with Crippen molar-refractivity contribution >= 4 is 12.0 Å². The van der Waals surface area contributed by atoms with Crippen LogP contribution in [0, 0.1) is 11.8 Å². The van der Waals surface area contributed by atoms with E-state index in [1.165, 1.54) is 0 Å². The Morgan fingerprint density at radius 2 is 1.59 bits per heavy atom. The van der Waals surface area contributed by atoms with Gasteiger partial charge in [-0.3, -0.25) is 0 Å². The van der Waals surface area contributed by atoms with Gasteiger partial charge in [-0.1, -0.05) is 27.7 Å². The molecule has 5 nitrogen and oxygen atoms in total. The quantitative estimate of drug-likeness (QED) is 0.667. The van der Waals surface area contributed by atoms with E-state index in [1.54, 1.807) is 13.8 Å². The summed E-state index contributed by atoms with van der Waals surface area (Å²) in [6.45, 7) is 9.58. The van der Waals surface area contributed by atoms with Gasteiger partial charge in [0.1, 0.15) is 6.04 Å². The number of amides is 2. The van der Waals surface area contributed by atoms with Crippen molar-refractivity contribution in [2.45, 2.75) is 53.1 Å². The highest BCUT2D eigenvalue weighted by atomic mass is 16.4. The fourth-order valence-electron chi connectivity index (χ4n) is 1.69. The number of hydrogen-bond acceptors (Lipinski definition) is 2. The van der Waals surface area contributed by atoms with Gasteiger partial charge in [-0.05, 0) is 25.2 Å². The van der Waals surface area contributed by atoms with Crippen molar-refractivity contribution in [1.82, 2.24) is 10.6 Å². The zero-order valence-electron chi connectivity index (χ0n) is 11.3. The molecule has 5 heteroatoms. The van der Waals surface area contributed by atoms with E-state index in [4.69, 9.17) is 5.11 Å². The van der Waals surface area contributed by atoms with Crippen molar-refractivity contribution in [3.8, 4) is 0 Å². The third kappa shape index (κ3) is 6.81. The third-order valence-electron chi connectivity index (χ3n) is 2.42. The average Bonchev–Trinajstić information content (AvgIpc) is 2.11. The molecule has 0 heterocycles. The number of carbonyl (C=O) groups is 2. The summed E-state index contributed by atoms with van der Waals surface area (Å²) in [7, 11) is 0. The maximum atomic E-state index is 11.6. The van der Waals surface area contributed by atoms with Crippen LogP contribution in [0.4, 0.5) is 4.79 Å². The lowest BCUT2D eigenvalue weighted by Gasteiger charge is -2.21. The van der Waals surface area contributed by atoms with Gasteiger partial charge in [0.2, 0.25) is 0 Å². The van der Waals surface area contributed by atoms with Crippen molar-refractivity contribution in [2.75, 3.05) is 0 Å². The van der Waals surface area contributed by atoms with Gasteiger partial charge in [-0.15, -0.1) is 0 Å². The molecule has 100 valence electrons. The number of aliphatic carboxylic acids is 1. The monoisotopic (exact) mass is 244 g/mol. The summed E-state index contributed by atoms with van der Waals surface area (Å²) in [5.74, 6) is -0.656. The van der Waals surface area contributed by atoms with Gasteiger partial charge in [0.15, 0.2) is 0 Å². The van der Waals surface area contributed by atoms with Crippen LogP contribution in [0.25, 0.3) is 0 Å². The molecule has 0 aromatic carbocycles. The number of rotatable bonds is 6. The first-order chi connectivity index (χ1) is 7.73. The Morgan fingerprint density at radius 3 is 1.94 bits per heavy atom. The molecule has 0 aromatic rings. The Kier molecular flexibility index (Phi) is 6.61. The maximum Gasteiger partial charge on any atom is 0.326 e. The largest absolute Gasteiger partial charge is 0.480 e. The average molecular weight is 244 g/mol. The van der Waals surface area contributed by atoms with E-state index in [2.05, 4.69) is 24.5 Å². The Balaban J connectivity index is 4.19. The summed E-state index contributed by atoms with van der Waals surface area (Å²) in [5, 5.41) is 14.1. The summed E-state index contributed by atoms with van der Waals surface area (Å²) in [6, 6.07) is -1.22. The molecule has 0 bridgehead atoms. The number of carboxylic acid groups (broad SMARTS) is 1. The van der Waals surface area contributed by atoms with E-state index in [0.29, 0.717) is 5.92 Å². The van der Waals surface area contributed by atoms with Crippen LogP contribution in [0.15, 0.2) is 0 Å². The molecule has 0 saturated carbocycles. The summed E-state index contributed by atoms with van der Waals surface area (Å²) in [6.07, 6.45) is 0.868. The zero-order chi connectivity index (χ0) is 13.6. The first-order valence-electron chi connectivity index (χ1n) is 6.03. The third-order valence-corrected chi connectivity index (χ3v) is 2.42. The van der Waals surface area contributed by atoms with Crippen LogP contribution in [-0.4, -0.2) is 29.2 Å². The van der Waals surface area contributed by atoms with Crippen LogP contribution >= 0.6 is 0 Å². The lowest BCUT2D eigenvalue weighted by Crippen LogP contribution is -2.50. The van der Waals surface area contributed by atoms with E-state index < -0.39 is 18.0 Å². The summed E-state index contributed by atoms with van der Waals surface area (Å²) < 4.78 is 0. The second kappa shape index (κ2) is 7.14. The van der Waals surface area contributed by atoms with Crippen LogP contribution in [0.5, 0.6) is 0 Å². The van der Waals surface area contributed by atoms with Gasteiger partial charge < -0.3 is 15.7 Å². The summed E-state index contributed by atoms with van der Waals surface area (Å²) in [5.41, 5.74) is 0. The number of hydrogen-bond donors (Lipinski definition) is 3. The minimum absolute atomic E-state index is 0.0385. The van der Waals surface area contributed by atoms with Crippen molar-refractivity contribution in [1.29, 1.82) is 0 Å². The number of carbonyl (C=O) groups excluding carboxylic acids is 1. The molecule has 0 radical (unpaired) electrons. The predicted molar refractivity (Wildman–Crippen MR) is 66.8 cm³/mol. The van der Waals surface area contributed by atoms with Gasteiger partial charge in [0.25, 0.3) is 0 Å². The molecule has 0 aliphatic rings. The van der Waals surface area contributed by atoms with Crippen LogP contribution < -0.4 is 10.6 Å². The van der Waals surface area contributed by atoms with Crippen molar-refractivity contribution in [3.05, 3.63) is 0 Å². The topological polar surface area (TPSA) is 78.4 Å². The molecule has 0 rings (SSSR count). The molecule has 2 atom stereocenters. The smallest absolute Gasteiger partial charge is 0.326 e. The van der Waals surface area contributed by atoms with Crippen molar-refractivity contribution in [3.63, 3.8) is 0 Å². The van der Waals surface area contributed by atoms with E-state index in [-0.39, 0.29) is 12.0 Å². The van der Waals surface area contributed by atoms with E-state index in [9.17, 15) is 9.59 Å². The lowest BCUT2D eigenvalue weighted by atomic mass is 10.0. The van der Waals surface area contributed by atoms with E-state index >= 15 is 0 Å². The van der Waals surface area contributed by atoms with Crippen LogP contribution in [0.3, 0.4) is 0 Å². The van der Waals surface area contributed by atoms with Gasteiger partial charge in [-0.2, -0.15) is 0 Å². The summed E-state index contributed by atoms with van der Waals surface area (Å²) in [4.78, 5) is 22.5.